The molecule has 0 amide bonds. The van der Waals surface area contributed by atoms with Crippen LogP contribution in [0.5, 0.6) is 0 Å². The molecule has 0 spiro atoms. The average molecular weight is 399 g/mol. The molecular formula is C10H21F3IN3O2. The van der Waals surface area contributed by atoms with Crippen molar-refractivity contribution in [3.8, 4) is 0 Å². The van der Waals surface area contributed by atoms with Crippen LogP contribution in [0.2, 0.25) is 0 Å². The molecule has 0 aromatic carbocycles. The number of alkyl halides is 3. The Kier molecular flexibility index (Phi) is 14.1. The van der Waals surface area contributed by atoms with Crippen molar-refractivity contribution in [3.05, 3.63) is 0 Å². The molecule has 0 rings (SSSR count). The highest BCUT2D eigenvalue weighted by Gasteiger charge is 2.26. The Bertz CT molecular complexity index is 241. The highest BCUT2D eigenvalue weighted by molar-refractivity contribution is 14.0. The van der Waals surface area contributed by atoms with Crippen LogP contribution in [0.4, 0.5) is 13.2 Å². The standard InChI is InChI=1S/C10H20F3N3O2.HI/c1-14-9(15-4-3-10(11,12)13)16-5-6-18-8-7-17-2;/h3-8H2,1-2H3,(H2,14,15,16);1H. The third kappa shape index (κ3) is 15.7. The van der Waals surface area contributed by atoms with E-state index in [0.717, 1.165) is 0 Å². The van der Waals surface area contributed by atoms with Crippen LogP contribution in [0.15, 0.2) is 4.99 Å². The van der Waals surface area contributed by atoms with Crippen molar-refractivity contribution in [1.82, 2.24) is 10.6 Å². The van der Waals surface area contributed by atoms with Gasteiger partial charge in [0.25, 0.3) is 0 Å². The monoisotopic (exact) mass is 399 g/mol. The molecule has 5 nitrogen and oxygen atoms in total. The second kappa shape index (κ2) is 12.7. The van der Waals surface area contributed by atoms with E-state index >= 15 is 0 Å². The van der Waals surface area contributed by atoms with Crippen LogP contribution in [0, 0.1) is 0 Å². The summed E-state index contributed by atoms with van der Waals surface area (Å²) in [4.78, 5) is 3.79. The van der Waals surface area contributed by atoms with Gasteiger partial charge in [0.1, 0.15) is 0 Å². The smallest absolute Gasteiger partial charge is 0.382 e. The number of hydrogen-bond acceptors (Lipinski definition) is 3. The summed E-state index contributed by atoms with van der Waals surface area (Å²) in [6.07, 6.45) is -5.05. The van der Waals surface area contributed by atoms with Gasteiger partial charge in [-0.05, 0) is 0 Å². The zero-order chi connectivity index (χ0) is 13.9. The van der Waals surface area contributed by atoms with Crippen molar-refractivity contribution in [2.45, 2.75) is 12.6 Å². The first-order valence-electron chi connectivity index (χ1n) is 5.57. The molecule has 116 valence electrons. The second-order valence-corrected chi connectivity index (χ2v) is 3.40. The molecule has 0 aliphatic heterocycles. The molecule has 0 unspecified atom stereocenters. The lowest BCUT2D eigenvalue weighted by atomic mass is 10.4. The van der Waals surface area contributed by atoms with E-state index < -0.39 is 12.6 Å². The fraction of sp³-hybridized carbons (Fsp3) is 0.900. The van der Waals surface area contributed by atoms with Gasteiger partial charge in [-0.3, -0.25) is 4.99 Å². The second-order valence-electron chi connectivity index (χ2n) is 3.40. The van der Waals surface area contributed by atoms with Crippen molar-refractivity contribution in [1.29, 1.82) is 0 Å². The molecule has 2 N–H and O–H groups in total. The molecule has 0 saturated carbocycles. The SMILES string of the molecule is CN=C(NCCOCCOC)NCCC(F)(F)F.I. The van der Waals surface area contributed by atoms with Gasteiger partial charge in [-0.1, -0.05) is 0 Å². The molecule has 0 bridgehead atoms. The highest BCUT2D eigenvalue weighted by Crippen LogP contribution is 2.17. The van der Waals surface area contributed by atoms with E-state index in [1.54, 1.807) is 7.11 Å². The summed E-state index contributed by atoms with van der Waals surface area (Å²) in [6.45, 7) is 1.70. The lowest BCUT2D eigenvalue weighted by molar-refractivity contribution is -0.132. The summed E-state index contributed by atoms with van der Waals surface area (Å²) in [5.41, 5.74) is 0. The molecule has 0 aromatic heterocycles. The first-order chi connectivity index (χ1) is 8.49. The predicted molar refractivity (Wildman–Crippen MR) is 78.1 cm³/mol. The molecule has 0 radical (unpaired) electrons. The van der Waals surface area contributed by atoms with Crippen LogP contribution in [0.3, 0.4) is 0 Å². The number of methoxy groups -OCH3 is 1. The first-order valence-corrected chi connectivity index (χ1v) is 5.57. The van der Waals surface area contributed by atoms with E-state index in [1.165, 1.54) is 7.05 Å². The number of rotatable bonds is 8. The molecule has 9 heteroatoms. The van der Waals surface area contributed by atoms with Gasteiger partial charge in [-0.2, -0.15) is 13.2 Å². The molecule has 0 saturated heterocycles. The topological polar surface area (TPSA) is 54.9 Å². The number of halogens is 4. The number of hydrogen-bond donors (Lipinski definition) is 2. The zero-order valence-electron chi connectivity index (χ0n) is 11.0. The number of nitrogens with zero attached hydrogens (tertiary/aromatic N) is 1. The predicted octanol–water partition coefficient (Wildman–Crippen LogP) is 1.38. The van der Waals surface area contributed by atoms with Gasteiger partial charge in [0.2, 0.25) is 0 Å². The van der Waals surface area contributed by atoms with E-state index in [2.05, 4.69) is 15.6 Å². The van der Waals surface area contributed by atoms with Crippen LogP contribution in [-0.4, -0.2) is 59.2 Å². The number of guanidine groups is 1. The Hall–Kier alpha value is -0.290. The normalized spacial score (nSPS) is 11.9. The lowest BCUT2D eigenvalue weighted by Crippen LogP contribution is -2.40. The first kappa shape index (κ1) is 21.0. The third-order valence-corrected chi connectivity index (χ3v) is 1.90. The minimum atomic E-state index is -4.16. The Morgan fingerprint density at radius 1 is 1.11 bits per heavy atom. The Morgan fingerprint density at radius 3 is 2.26 bits per heavy atom. The van der Waals surface area contributed by atoms with Gasteiger partial charge in [0, 0.05) is 27.2 Å². The number of aliphatic imine (C=N–C) groups is 1. The summed E-state index contributed by atoms with van der Waals surface area (Å²) in [5.74, 6) is 0.328. The minimum absolute atomic E-state index is 0. The van der Waals surface area contributed by atoms with Crippen LogP contribution in [-0.2, 0) is 9.47 Å². The summed E-state index contributed by atoms with van der Waals surface area (Å²) in [7, 11) is 3.07. The number of ether oxygens (including phenoxy) is 2. The summed E-state index contributed by atoms with van der Waals surface area (Å²) in [5, 5.41) is 5.40. The van der Waals surface area contributed by atoms with Crippen LogP contribution in [0.25, 0.3) is 0 Å². The van der Waals surface area contributed by atoms with E-state index in [1.807, 2.05) is 0 Å². The fourth-order valence-electron chi connectivity index (χ4n) is 1.03. The summed E-state index contributed by atoms with van der Waals surface area (Å²) < 4.78 is 45.7. The van der Waals surface area contributed by atoms with E-state index in [0.29, 0.717) is 32.3 Å². The molecular weight excluding hydrogens is 378 g/mol. The van der Waals surface area contributed by atoms with Crippen LogP contribution in [0.1, 0.15) is 6.42 Å². The summed E-state index contributed by atoms with van der Waals surface area (Å²) >= 11 is 0. The fourth-order valence-corrected chi connectivity index (χ4v) is 1.03. The van der Waals surface area contributed by atoms with Gasteiger partial charge < -0.3 is 20.1 Å². The average Bonchev–Trinajstić information content (AvgIpc) is 2.29. The maximum Gasteiger partial charge on any atom is 0.390 e. The van der Waals surface area contributed by atoms with E-state index in [-0.39, 0.29) is 30.5 Å². The van der Waals surface area contributed by atoms with Gasteiger partial charge in [-0.15, -0.1) is 24.0 Å². The quantitative estimate of drug-likeness (QED) is 0.280. The van der Waals surface area contributed by atoms with Crippen molar-refractivity contribution in [2.24, 2.45) is 4.99 Å². The molecule has 0 fully saturated rings. The summed E-state index contributed by atoms with van der Waals surface area (Å²) in [6, 6.07) is 0. The van der Waals surface area contributed by atoms with E-state index in [4.69, 9.17) is 9.47 Å². The molecule has 0 aromatic rings. The van der Waals surface area contributed by atoms with Crippen molar-refractivity contribution in [2.75, 3.05) is 47.1 Å². The van der Waals surface area contributed by atoms with Crippen molar-refractivity contribution in [3.63, 3.8) is 0 Å². The molecule has 0 heterocycles. The minimum Gasteiger partial charge on any atom is -0.382 e. The van der Waals surface area contributed by atoms with Crippen molar-refractivity contribution < 1.29 is 22.6 Å². The van der Waals surface area contributed by atoms with Crippen LogP contribution >= 0.6 is 24.0 Å². The maximum atomic E-state index is 11.9. The zero-order valence-corrected chi connectivity index (χ0v) is 13.4. The third-order valence-electron chi connectivity index (χ3n) is 1.90. The number of nitrogens with one attached hydrogen (secondary N) is 2. The Morgan fingerprint density at radius 2 is 1.74 bits per heavy atom. The molecule has 0 aliphatic carbocycles. The Labute approximate surface area is 128 Å². The van der Waals surface area contributed by atoms with Crippen LogP contribution < -0.4 is 10.6 Å². The van der Waals surface area contributed by atoms with Gasteiger partial charge in [0.15, 0.2) is 5.96 Å². The molecule has 0 atom stereocenters. The maximum absolute atomic E-state index is 11.9. The molecule has 19 heavy (non-hydrogen) atoms. The van der Waals surface area contributed by atoms with Gasteiger partial charge >= 0.3 is 6.18 Å². The Balaban J connectivity index is 0. The van der Waals surface area contributed by atoms with Gasteiger partial charge in [0.05, 0.1) is 26.2 Å². The largest absolute Gasteiger partial charge is 0.390 e. The lowest BCUT2D eigenvalue weighted by Gasteiger charge is -2.12. The molecule has 0 aliphatic rings. The van der Waals surface area contributed by atoms with E-state index in [9.17, 15) is 13.2 Å². The highest BCUT2D eigenvalue weighted by atomic mass is 127. The van der Waals surface area contributed by atoms with Crippen molar-refractivity contribution >= 4 is 29.9 Å². The van der Waals surface area contributed by atoms with Gasteiger partial charge in [-0.25, -0.2) is 0 Å².